The second-order valence-electron chi connectivity index (χ2n) is 9.99. The Morgan fingerprint density at radius 2 is 1.65 bits per heavy atom. The summed E-state index contributed by atoms with van der Waals surface area (Å²) in [6, 6.07) is 16.6. The highest BCUT2D eigenvalue weighted by Crippen LogP contribution is 2.27. The molecule has 0 radical (unpaired) electrons. The molecule has 2 aromatic carbocycles. The zero-order valence-corrected chi connectivity index (χ0v) is 22.5. The normalized spacial score (nSPS) is 16.6. The lowest BCUT2D eigenvalue weighted by atomic mass is 9.93. The van der Waals surface area contributed by atoms with Crippen LogP contribution in [0.3, 0.4) is 0 Å². The first-order valence-electron chi connectivity index (χ1n) is 13.2. The van der Waals surface area contributed by atoms with Crippen LogP contribution in [-0.2, 0) is 4.74 Å². The Balaban J connectivity index is 1.23. The molecule has 1 heterocycles. The lowest BCUT2D eigenvalue weighted by Gasteiger charge is -2.29. The number of nitrogens with one attached hydrogen (secondary N) is 2. The number of amides is 2. The SMILES string of the molecule is CC(C)COC(=O)NC1CCC(Oc2ccc(Oc3ccc(C(=O)Nc4ccccc4C(=O)O)cn3)cc2)CC1. The highest BCUT2D eigenvalue weighted by molar-refractivity contribution is 6.07. The van der Waals surface area contributed by atoms with Crippen LogP contribution in [0, 0.1) is 5.92 Å². The van der Waals surface area contributed by atoms with Gasteiger partial charge in [-0.05, 0) is 74.1 Å². The van der Waals surface area contributed by atoms with E-state index in [2.05, 4.69) is 15.6 Å². The average Bonchev–Trinajstić information content (AvgIpc) is 2.94. The van der Waals surface area contributed by atoms with Crippen molar-refractivity contribution in [1.29, 1.82) is 0 Å². The standard InChI is InChI=1S/C30H33N3O7/c1-19(2)18-38-30(37)32-21-8-10-22(11-9-21)39-23-12-14-24(15-13-23)40-27-16-7-20(17-31-27)28(34)33-26-6-4-3-5-25(26)29(35)36/h3-7,12-17,19,21-22H,8-11,18H2,1-2H3,(H,32,37)(H,33,34)(H,35,36). The van der Waals surface area contributed by atoms with Crippen LogP contribution < -0.4 is 20.1 Å². The van der Waals surface area contributed by atoms with Gasteiger partial charge in [0, 0.05) is 18.3 Å². The number of hydrogen-bond acceptors (Lipinski definition) is 7. The smallest absolute Gasteiger partial charge is 0.407 e. The molecular formula is C30H33N3O7. The Bertz CT molecular complexity index is 1300. The van der Waals surface area contributed by atoms with E-state index in [9.17, 15) is 19.5 Å². The Hall–Kier alpha value is -4.60. The second-order valence-corrected chi connectivity index (χ2v) is 9.99. The van der Waals surface area contributed by atoms with Crippen molar-refractivity contribution in [2.75, 3.05) is 11.9 Å². The third-order valence-electron chi connectivity index (χ3n) is 6.30. The summed E-state index contributed by atoms with van der Waals surface area (Å²) in [7, 11) is 0. The Morgan fingerprint density at radius 1 is 0.950 bits per heavy atom. The summed E-state index contributed by atoms with van der Waals surface area (Å²) in [4.78, 5) is 40.0. The van der Waals surface area contributed by atoms with E-state index in [0.29, 0.717) is 24.2 Å². The molecule has 40 heavy (non-hydrogen) atoms. The topological polar surface area (TPSA) is 136 Å². The molecule has 3 aromatic rings. The minimum atomic E-state index is -1.13. The van der Waals surface area contributed by atoms with Crippen LogP contribution in [0.15, 0.2) is 66.9 Å². The van der Waals surface area contributed by atoms with Gasteiger partial charge >= 0.3 is 12.1 Å². The molecule has 3 N–H and O–H groups in total. The van der Waals surface area contributed by atoms with Gasteiger partial charge < -0.3 is 30.0 Å². The Kier molecular flexibility index (Phi) is 9.56. The summed E-state index contributed by atoms with van der Waals surface area (Å²) in [6.45, 7) is 4.41. The molecule has 210 valence electrons. The number of rotatable bonds is 10. The van der Waals surface area contributed by atoms with Gasteiger partial charge in [0.1, 0.15) is 11.5 Å². The maximum absolute atomic E-state index is 12.6. The molecule has 10 nitrogen and oxygen atoms in total. The van der Waals surface area contributed by atoms with Crippen molar-refractivity contribution < 1.29 is 33.7 Å². The van der Waals surface area contributed by atoms with Gasteiger partial charge in [0.15, 0.2) is 0 Å². The summed E-state index contributed by atoms with van der Waals surface area (Å²) in [5.41, 5.74) is 0.461. The minimum Gasteiger partial charge on any atom is -0.490 e. The maximum atomic E-state index is 12.6. The van der Waals surface area contributed by atoms with E-state index in [4.69, 9.17) is 14.2 Å². The van der Waals surface area contributed by atoms with Crippen LogP contribution in [0.1, 0.15) is 60.2 Å². The van der Waals surface area contributed by atoms with Crippen LogP contribution in [0.5, 0.6) is 17.4 Å². The number of nitrogens with zero attached hydrogens (tertiary/aromatic N) is 1. The monoisotopic (exact) mass is 547 g/mol. The fraction of sp³-hybridized carbons (Fsp3) is 0.333. The first-order valence-corrected chi connectivity index (χ1v) is 13.2. The summed E-state index contributed by atoms with van der Waals surface area (Å²) in [6.07, 6.45) is 4.39. The van der Waals surface area contributed by atoms with Gasteiger partial charge in [0.2, 0.25) is 5.88 Å². The van der Waals surface area contributed by atoms with Crippen molar-refractivity contribution in [2.45, 2.75) is 51.7 Å². The highest BCUT2D eigenvalue weighted by Gasteiger charge is 2.24. The average molecular weight is 548 g/mol. The van der Waals surface area contributed by atoms with E-state index >= 15 is 0 Å². The number of ether oxygens (including phenoxy) is 3. The molecule has 1 fully saturated rings. The summed E-state index contributed by atoms with van der Waals surface area (Å²) >= 11 is 0. The van der Waals surface area contributed by atoms with Crippen molar-refractivity contribution in [3.05, 3.63) is 78.0 Å². The summed E-state index contributed by atoms with van der Waals surface area (Å²) < 4.78 is 17.1. The number of carboxylic acid groups (broad SMARTS) is 1. The maximum Gasteiger partial charge on any atom is 0.407 e. The minimum absolute atomic E-state index is 0.00000946. The first-order chi connectivity index (χ1) is 19.3. The molecule has 0 bridgehead atoms. The molecule has 1 aliphatic rings. The van der Waals surface area contributed by atoms with Gasteiger partial charge in [-0.15, -0.1) is 0 Å². The third-order valence-corrected chi connectivity index (χ3v) is 6.30. The fourth-order valence-corrected chi connectivity index (χ4v) is 4.22. The van der Waals surface area contributed by atoms with Gasteiger partial charge in [-0.1, -0.05) is 26.0 Å². The van der Waals surface area contributed by atoms with Gasteiger partial charge in [-0.2, -0.15) is 0 Å². The van der Waals surface area contributed by atoms with Crippen LogP contribution in [0.4, 0.5) is 10.5 Å². The molecular weight excluding hydrogens is 514 g/mol. The highest BCUT2D eigenvalue weighted by atomic mass is 16.5. The van der Waals surface area contributed by atoms with Gasteiger partial charge in [-0.3, -0.25) is 4.79 Å². The number of carboxylic acids is 1. The number of para-hydroxylation sites is 1. The quantitative estimate of drug-likeness (QED) is 0.286. The van der Waals surface area contributed by atoms with E-state index in [-0.39, 0.29) is 35.1 Å². The van der Waals surface area contributed by atoms with Crippen LogP contribution in [0.25, 0.3) is 0 Å². The van der Waals surface area contributed by atoms with Gasteiger partial charge in [-0.25, -0.2) is 14.6 Å². The molecule has 0 aliphatic heterocycles. The zero-order valence-electron chi connectivity index (χ0n) is 22.5. The van der Waals surface area contributed by atoms with Crippen molar-refractivity contribution in [2.24, 2.45) is 5.92 Å². The van der Waals surface area contributed by atoms with E-state index in [1.54, 1.807) is 36.4 Å². The predicted octanol–water partition coefficient (Wildman–Crippen LogP) is 5.90. The predicted molar refractivity (Wildman–Crippen MR) is 148 cm³/mol. The van der Waals surface area contributed by atoms with E-state index < -0.39 is 11.9 Å². The number of carbonyl (C=O) groups excluding carboxylic acids is 2. The number of alkyl carbamates (subject to hydrolysis) is 1. The first kappa shape index (κ1) is 28.4. The van der Waals surface area contributed by atoms with Crippen LogP contribution in [-0.4, -0.2) is 46.8 Å². The van der Waals surface area contributed by atoms with E-state index in [1.807, 2.05) is 26.0 Å². The molecule has 0 spiro atoms. The van der Waals surface area contributed by atoms with Gasteiger partial charge in [0.05, 0.1) is 29.5 Å². The van der Waals surface area contributed by atoms with Crippen LogP contribution >= 0.6 is 0 Å². The van der Waals surface area contributed by atoms with Crippen molar-refractivity contribution in [1.82, 2.24) is 10.3 Å². The number of hydrogen-bond donors (Lipinski definition) is 3. The molecule has 0 atom stereocenters. The number of benzene rings is 2. The molecule has 1 aromatic heterocycles. The van der Waals surface area contributed by atoms with E-state index in [0.717, 1.165) is 31.4 Å². The third kappa shape index (κ3) is 8.20. The van der Waals surface area contributed by atoms with E-state index in [1.165, 1.54) is 18.3 Å². The largest absolute Gasteiger partial charge is 0.490 e. The van der Waals surface area contributed by atoms with Crippen LogP contribution in [0.2, 0.25) is 0 Å². The number of aromatic carboxylic acids is 1. The Morgan fingerprint density at radius 3 is 2.30 bits per heavy atom. The second kappa shape index (κ2) is 13.5. The lowest BCUT2D eigenvalue weighted by molar-refractivity contribution is 0.0698. The number of pyridine rings is 1. The summed E-state index contributed by atoms with van der Waals surface area (Å²) in [5.74, 6) is 0.273. The van der Waals surface area contributed by atoms with Crippen molar-refractivity contribution in [3.8, 4) is 17.4 Å². The number of aromatic nitrogens is 1. The fourth-order valence-electron chi connectivity index (χ4n) is 4.22. The molecule has 10 heteroatoms. The molecule has 0 saturated heterocycles. The molecule has 1 aliphatic carbocycles. The zero-order chi connectivity index (χ0) is 28.5. The van der Waals surface area contributed by atoms with Crippen molar-refractivity contribution in [3.63, 3.8) is 0 Å². The van der Waals surface area contributed by atoms with Crippen molar-refractivity contribution >= 4 is 23.7 Å². The Labute approximate surface area is 232 Å². The number of carbonyl (C=O) groups is 3. The lowest BCUT2D eigenvalue weighted by Crippen LogP contribution is -2.40. The molecule has 0 unspecified atom stereocenters. The molecule has 2 amide bonds. The molecule has 1 saturated carbocycles. The summed E-state index contributed by atoms with van der Waals surface area (Å²) in [5, 5.41) is 14.8. The van der Waals surface area contributed by atoms with Gasteiger partial charge in [0.25, 0.3) is 5.91 Å². The molecule has 4 rings (SSSR count). The number of anilines is 1.